The van der Waals surface area contributed by atoms with Crippen LogP contribution in [0.25, 0.3) is 22.3 Å². The molecule has 2 heterocycles. The fourth-order valence-electron chi connectivity index (χ4n) is 6.78. The Morgan fingerprint density at radius 2 is 1.25 bits per heavy atom. The molecule has 0 radical (unpaired) electrons. The first-order valence-corrected chi connectivity index (χ1v) is 19.6. The van der Waals surface area contributed by atoms with E-state index in [1.54, 1.807) is 13.8 Å². The Kier molecular flexibility index (Phi) is 14.2. The largest absolute Gasteiger partial charge is 0.494 e. The molecule has 4 aromatic carbocycles. The standard InChI is InChI=1S/C45H52O10/c1-4-48-43(46)20-17-32-13-9-10-14-38(32)55-44(45(47)49-5-2)31(3)12-8-6-7-11-21-50-37-27-35(33-15-18-39-41(29-33)53-24-22-51-39)26-36(28-37)34-16-19-40-42(30-34)54-25-23-52-40/h9-10,13-16,18-19,26-31,44H,4-8,11-12,17,20-25H2,1-3H3. The minimum Gasteiger partial charge on any atom is -0.494 e. The van der Waals surface area contributed by atoms with Crippen LogP contribution in [0.2, 0.25) is 0 Å². The average Bonchev–Trinajstić information content (AvgIpc) is 3.21. The van der Waals surface area contributed by atoms with Crippen LogP contribution in [0.5, 0.6) is 34.5 Å². The van der Waals surface area contributed by atoms with Crippen molar-refractivity contribution in [1.82, 2.24) is 0 Å². The predicted molar refractivity (Wildman–Crippen MR) is 209 cm³/mol. The summed E-state index contributed by atoms with van der Waals surface area (Å²) in [5, 5.41) is 0. The van der Waals surface area contributed by atoms with E-state index in [2.05, 4.69) is 18.2 Å². The third-order valence-electron chi connectivity index (χ3n) is 9.65. The van der Waals surface area contributed by atoms with Crippen molar-refractivity contribution < 1.29 is 47.5 Å². The molecule has 0 saturated carbocycles. The Balaban J connectivity index is 1.05. The molecule has 2 aliphatic rings. The lowest BCUT2D eigenvalue weighted by Crippen LogP contribution is -2.36. The highest BCUT2D eigenvalue weighted by Gasteiger charge is 2.29. The van der Waals surface area contributed by atoms with Gasteiger partial charge in [0, 0.05) is 12.3 Å². The van der Waals surface area contributed by atoms with Gasteiger partial charge in [-0.2, -0.15) is 0 Å². The summed E-state index contributed by atoms with van der Waals surface area (Å²) in [6, 6.07) is 25.8. The van der Waals surface area contributed by atoms with E-state index in [4.69, 9.17) is 37.9 Å². The van der Waals surface area contributed by atoms with Crippen molar-refractivity contribution in [2.45, 2.75) is 71.8 Å². The molecule has 0 bridgehead atoms. The highest BCUT2D eigenvalue weighted by Crippen LogP contribution is 2.40. The molecule has 6 rings (SSSR count). The SMILES string of the molecule is CCOC(=O)CCc1ccccc1OC(C(=O)OCC)C(C)CCCCCCOc1cc(-c2ccc3c(c2)OCCO3)cc(-c2ccc3c(c2)OCCO3)c1. The van der Waals surface area contributed by atoms with E-state index in [0.717, 1.165) is 88.7 Å². The summed E-state index contributed by atoms with van der Waals surface area (Å²) in [6.45, 7) is 8.92. The molecule has 292 valence electrons. The van der Waals surface area contributed by atoms with Gasteiger partial charge >= 0.3 is 11.9 Å². The molecule has 2 atom stereocenters. The van der Waals surface area contributed by atoms with Gasteiger partial charge in [-0.15, -0.1) is 0 Å². The lowest BCUT2D eigenvalue weighted by molar-refractivity contribution is -0.154. The number of ether oxygens (including phenoxy) is 8. The minimum atomic E-state index is -0.753. The topological polar surface area (TPSA) is 108 Å². The number of hydrogen-bond donors (Lipinski definition) is 0. The summed E-state index contributed by atoms with van der Waals surface area (Å²) in [5.74, 6) is 3.63. The van der Waals surface area contributed by atoms with Crippen molar-refractivity contribution in [3.05, 3.63) is 84.4 Å². The fraction of sp³-hybridized carbons (Fsp3) is 0.422. The first-order valence-electron chi connectivity index (χ1n) is 19.6. The van der Waals surface area contributed by atoms with Crippen LogP contribution in [0.15, 0.2) is 78.9 Å². The molecule has 10 nitrogen and oxygen atoms in total. The second-order valence-corrected chi connectivity index (χ2v) is 13.7. The number of aryl methyl sites for hydroxylation is 1. The second-order valence-electron chi connectivity index (χ2n) is 13.7. The molecule has 0 spiro atoms. The van der Waals surface area contributed by atoms with Crippen LogP contribution in [0.3, 0.4) is 0 Å². The number of benzene rings is 4. The Bertz CT molecular complexity index is 1810. The molecule has 0 amide bonds. The Labute approximate surface area is 323 Å². The smallest absolute Gasteiger partial charge is 0.347 e. The summed E-state index contributed by atoms with van der Waals surface area (Å²) in [4.78, 5) is 25.0. The van der Waals surface area contributed by atoms with Crippen LogP contribution in [0.4, 0.5) is 0 Å². The van der Waals surface area contributed by atoms with Gasteiger partial charge in [-0.05, 0) is 109 Å². The molecule has 10 heteroatoms. The van der Waals surface area contributed by atoms with Crippen molar-refractivity contribution in [3.8, 4) is 56.8 Å². The van der Waals surface area contributed by atoms with Gasteiger partial charge in [-0.3, -0.25) is 4.79 Å². The molecule has 2 unspecified atom stereocenters. The molecular formula is C45H52O10. The van der Waals surface area contributed by atoms with E-state index in [0.29, 0.717) is 51.8 Å². The highest BCUT2D eigenvalue weighted by molar-refractivity contribution is 5.78. The van der Waals surface area contributed by atoms with Crippen LogP contribution in [-0.4, -0.2) is 64.3 Å². The number of fused-ring (bicyclic) bond motifs is 2. The van der Waals surface area contributed by atoms with E-state index in [-0.39, 0.29) is 30.9 Å². The van der Waals surface area contributed by atoms with Crippen molar-refractivity contribution >= 4 is 11.9 Å². The third-order valence-corrected chi connectivity index (χ3v) is 9.65. The first kappa shape index (κ1) is 39.3. The van der Waals surface area contributed by atoms with E-state index in [1.807, 2.05) is 67.6 Å². The second kappa shape index (κ2) is 19.8. The van der Waals surface area contributed by atoms with Crippen molar-refractivity contribution in [2.75, 3.05) is 46.2 Å². The quantitative estimate of drug-likeness (QED) is 0.0680. The number of para-hydroxylation sites is 1. The lowest BCUT2D eigenvalue weighted by atomic mass is 9.96. The summed E-state index contributed by atoms with van der Waals surface area (Å²) in [6.07, 6.45) is 4.52. The predicted octanol–water partition coefficient (Wildman–Crippen LogP) is 9.03. The van der Waals surface area contributed by atoms with Gasteiger partial charge in [0.05, 0.1) is 19.8 Å². The molecule has 0 N–H and O–H groups in total. The summed E-state index contributed by atoms with van der Waals surface area (Å²) in [7, 11) is 0. The average molecular weight is 753 g/mol. The fourth-order valence-corrected chi connectivity index (χ4v) is 6.78. The zero-order valence-electron chi connectivity index (χ0n) is 32.1. The maximum atomic E-state index is 13.1. The van der Waals surface area contributed by atoms with Crippen molar-refractivity contribution in [1.29, 1.82) is 0 Å². The highest BCUT2D eigenvalue weighted by atomic mass is 16.6. The number of hydrogen-bond acceptors (Lipinski definition) is 10. The van der Waals surface area contributed by atoms with Gasteiger partial charge in [0.1, 0.15) is 37.9 Å². The van der Waals surface area contributed by atoms with E-state index < -0.39 is 6.10 Å². The number of rotatable bonds is 19. The maximum absolute atomic E-state index is 13.1. The molecule has 2 aliphatic heterocycles. The van der Waals surface area contributed by atoms with Crippen LogP contribution in [0, 0.1) is 5.92 Å². The Morgan fingerprint density at radius 3 is 1.89 bits per heavy atom. The van der Waals surface area contributed by atoms with E-state index >= 15 is 0 Å². The van der Waals surface area contributed by atoms with Gasteiger partial charge in [0.15, 0.2) is 29.1 Å². The van der Waals surface area contributed by atoms with Crippen LogP contribution in [0.1, 0.15) is 64.9 Å². The minimum absolute atomic E-state index is 0.0734. The summed E-state index contributed by atoms with van der Waals surface area (Å²) in [5.41, 5.74) is 4.88. The normalized spacial score (nSPS) is 14.0. The zero-order chi connectivity index (χ0) is 38.4. The van der Waals surface area contributed by atoms with Gasteiger partial charge < -0.3 is 37.9 Å². The molecule has 0 fully saturated rings. The number of carbonyl (C=O) groups excluding carboxylic acids is 2. The molecule has 4 aromatic rings. The molecular weight excluding hydrogens is 700 g/mol. The van der Waals surface area contributed by atoms with Gasteiger partial charge in [0.2, 0.25) is 0 Å². The van der Waals surface area contributed by atoms with Gasteiger partial charge in [-0.25, -0.2) is 4.79 Å². The monoisotopic (exact) mass is 752 g/mol. The number of carbonyl (C=O) groups is 2. The van der Waals surface area contributed by atoms with Crippen LogP contribution in [-0.2, 0) is 25.5 Å². The zero-order valence-corrected chi connectivity index (χ0v) is 32.1. The lowest BCUT2D eigenvalue weighted by Gasteiger charge is -2.25. The van der Waals surface area contributed by atoms with E-state index in [9.17, 15) is 9.59 Å². The Hall–Kier alpha value is -5.38. The summed E-state index contributed by atoms with van der Waals surface area (Å²) < 4.78 is 46.5. The number of esters is 2. The molecule has 0 aliphatic carbocycles. The first-order chi connectivity index (χ1) is 26.9. The molecule has 0 aromatic heterocycles. The summed E-state index contributed by atoms with van der Waals surface area (Å²) >= 11 is 0. The molecule has 55 heavy (non-hydrogen) atoms. The van der Waals surface area contributed by atoms with Gasteiger partial charge in [-0.1, -0.05) is 56.5 Å². The van der Waals surface area contributed by atoms with E-state index in [1.165, 1.54) is 0 Å². The molecule has 0 saturated heterocycles. The van der Waals surface area contributed by atoms with Gasteiger partial charge in [0.25, 0.3) is 0 Å². The maximum Gasteiger partial charge on any atom is 0.347 e. The van der Waals surface area contributed by atoms with Crippen LogP contribution < -0.4 is 28.4 Å². The van der Waals surface area contributed by atoms with Crippen molar-refractivity contribution in [3.63, 3.8) is 0 Å². The van der Waals surface area contributed by atoms with Crippen molar-refractivity contribution in [2.24, 2.45) is 5.92 Å². The Morgan fingerprint density at radius 1 is 0.655 bits per heavy atom. The third kappa shape index (κ3) is 10.9. The van der Waals surface area contributed by atoms with Crippen LogP contribution >= 0.6 is 0 Å². The number of unbranched alkanes of at least 4 members (excludes halogenated alkanes) is 3.